The lowest BCUT2D eigenvalue weighted by molar-refractivity contribution is -0.115. The van der Waals surface area contributed by atoms with Gasteiger partial charge in [0.25, 0.3) is 0 Å². The third-order valence-electron chi connectivity index (χ3n) is 4.03. The molecule has 0 bridgehead atoms. The van der Waals surface area contributed by atoms with Crippen molar-refractivity contribution in [3.63, 3.8) is 0 Å². The van der Waals surface area contributed by atoms with E-state index in [0.717, 1.165) is 11.1 Å². The highest BCUT2D eigenvalue weighted by Crippen LogP contribution is 2.19. The van der Waals surface area contributed by atoms with Gasteiger partial charge in [-0.2, -0.15) is 4.31 Å². The lowest BCUT2D eigenvalue weighted by Crippen LogP contribution is -2.33. The van der Waals surface area contributed by atoms with Gasteiger partial charge in [-0.15, -0.1) is 0 Å². The number of sulfonamides is 1. The standard InChI is InChI=1S/C19H24N2O3S/c1-14(2)21(4)25(23,24)18-11-9-17(10-12-18)20-19(22)13-16-7-5-15(3)6-8-16/h5-12,14H,13H2,1-4H3,(H,20,22). The Kier molecular flexibility index (Phi) is 5.98. The number of rotatable bonds is 6. The number of hydrogen-bond acceptors (Lipinski definition) is 3. The Morgan fingerprint density at radius 3 is 2.12 bits per heavy atom. The van der Waals surface area contributed by atoms with Crippen molar-refractivity contribution in [2.45, 2.75) is 38.1 Å². The first kappa shape index (κ1) is 19.1. The van der Waals surface area contributed by atoms with Crippen molar-refractivity contribution in [1.82, 2.24) is 4.31 Å². The first-order chi connectivity index (χ1) is 11.7. The zero-order chi connectivity index (χ0) is 18.6. The molecular weight excluding hydrogens is 336 g/mol. The molecule has 0 aliphatic heterocycles. The summed E-state index contributed by atoms with van der Waals surface area (Å²) in [6.07, 6.45) is 0.274. The van der Waals surface area contributed by atoms with E-state index in [4.69, 9.17) is 0 Å². The molecule has 0 atom stereocenters. The van der Waals surface area contributed by atoms with Crippen LogP contribution in [0.2, 0.25) is 0 Å². The molecule has 0 aliphatic rings. The molecule has 2 aromatic rings. The number of anilines is 1. The van der Waals surface area contributed by atoms with Crippen LogP contribution >= 0.6 is 0 Å². The molecule has 0 unspecified atom stereocenters. The Bertz CT molecular complexity index is 826. The van der Waals surface area contributed by atoms with E-state index in [2.05, 4.69) is 5.32 Å². The molecule has 2 rings (SSSR count). The summed E-state index contributed by atoms with van der Waals surface area (Å²) in [5.41, 5.74) is 2.65. The molecule has 2 aromatic carbocycles. The maximum atomic E-state index is 12.4. The average molecular weight is 360 g/mol. The van der Waals surface area contributed by atoms with Gasteiger partial charge in [0.15, 0.2) is 0 Å². The second kappa shape index (κ2) is 7.80. The van der Waals surface area contributed by atoms with Crippen LogP contribution in [0.5, 0.6) is 0 Å². The third-order valence-corrected chi connectivity index (χ3v) is 6.08. The van der Waals surface area contributed by atoms with E-state index in [-0.39, 0.29) is 23.3 Å². The molecule has 1 amide bonds. The lowest BCUT2D eigenvalue weighted by atomic mass is 10.1. The molecule has 5 nitrogen and oxygen atoms in total. The summed E-state index contributed by atoms with van der Waals surface area (Å²) >= 11 is 0. The topological polar surface area (TPSA) is 66.5 Å². The summed E-state index contributed by atoms with van der Waals surface area (Å²) in [7, 11) is -1.96. The van der Waals surface area contributed by atoms with E-state index in [0.29, 0.717) is 5.69 Å². The fourth-order valence-electron chi connectivity index (χ4n) is 2.25. The zero-order valence-corrected chi connectivity index (χ0v) is 15.8. The molecule has 25 heavy (non-hydrogen) atoms. The number of hydrogen-bond donors (Lipinski definition) is 1. The van der Waals surface area contributed by atoms with E-state index in [9.17, 15) is 13.2 Å². The Balaban J connectivity index is 2.05. The number of benzene rings is 2. The van der Waals surface area contributed by atoms with Crippen molar-refractivity contribution in [2.24, 2.45) is 0 Å². The molecule has 0 heterocycles. The van der Waals surface area contributed by atoms with Crippen LogP contribution < -0.4 is 5.32 Å². The fraction of sp³-hybridized carbons (Fsp3) is 0.316. The van der Waals surface area contributed by atoms with Gasteiger partial charge in [0.2, 0.25) is 15.9 Å². The minimum atomic E-state index is -3.52. The van der Waals surface area contributed by atoms with E-state index in [1.165, 1.54) is 16.4 Å². The Hall–Kier alpha value is -2.18. The predicted molar refractivity (Wildman–Crippen MR) is 100 cm³/mol. The van der Waals surface area contributed by atoms with Crippen molar-refractivity contribution in [3.05, 3.63) is 59.7 Å². The molecule has 0 spiro atoms. The summed E-state index contributed by atoms with van der Waals surface area (Å²) in [5.74, 6) is -0.140. The maximum Gasteiger partial charge on any atom is 0.243 e. The highest BCUT2D eigenvalue weighted by molar-refractivity contribution is 7.89. The second-order valence-electron chi connectivity index (χ2n) is 6.35. The highest BCUT2D eigenvalue weighted by atomic mass is 32.2. The summed E-state index contributed by atoms with van der Waals surface area (Å²) in [6.45, 7) is 5.63. The van der Waals surface area contributed by atoms with Crippen LogP contribution in [0.1, 0.15) is 25.0 Å². The molecule has 0 aliphatic carbocycles. The second-order valence-corrected chi connectivity index (χ2v) is 8.35. The minimum Gasteiger partial charge on any atom is -0.326 e. The molecule has 0 fully saturated rings. The third kappa shape index (κ3) is 4.90. The van der Waals surface area contributed by atoms with Crippen LogP contribution in [-0.4, -0.2) is 31.7 Å². The lowest BCUT2D eigenvalue weighted by Gasteiger charge is -2.21. The molecule has 0 saturated heterocycles. The van der Waals surface area contributed by atoms with Crippen LogP contribution in [0.4, 0.5) is 5.69 Å². The van der Waals surface area contributed by atoms with E-state index >= 15 is 0 Å². The van der Waals surface area contributed by atoms with Crippen molar-refractivity contribution in [2.75, 3.05) is 12.4 Å². The van der Waals surface area contributed by atoms with Gasteiger partial charge in [-0.1, -0.05) is 29.8 Å². The monoisotopic (exact) mass is 360 g/mol. The normalized spacial score (nSPS) is 11.8. The molecule has 6 heteroatoms. The SMILES string of the molecule is Cc1ccc(CC(=O)Nc2ccc(S(=O)(=O)N(C)C(C)C)cc2)cc1. The van der Waals surface area contributed by atoms with Crippen LogP contribution in [0, 0.1) is 6.92 Å². The van der Waals surface area contributed by atoms with Gasteiger partial charge < -0.3 is 5.32 Å². The number of nitrogens with zero attached hydrogens (tertiary/aromatic N) is 1. The van der Waals surface area contributed by atoms with Gasteiger partial charge in [-0.3, -0.25) is 4.79 Å². The molecule has 1 N–H and O–H groups in total. The quantitative estimate of drug-likeness (QED) is 0.860. The fourth-order valence-corrected chi connectivity index (χ4v) is 3.62. The van der Waals surface area contributed by atoms with E-state index in [1.807, 2.05) is 45.0 Å². The Morgan fingerprint density at radius 2 is 1.60 bits per heavy atom. The number of aryl methyl sites for hydroxylation is 1. The van der Waals surface area contributed by atoms with Crippen LogP contribution in [0.3, 0.4) is 0 Å². The van der Waals surface area contributed by atoms with Crippen molar-refractivity contribution < 1.29 is 13.2 Å². The highest BCUT2D eigenvalue weighted by Gasteiger charge is 2.22. The first-order valence-electron chi connectivity index (χ1n) is 8.13. The van der Waals surface area contributed by atoms with Gasteiger partial charge in [0.1, 0.15) is 0 Å². The maximum absolute atomic E-state index is 12.4. The van der Waals surface area contributed by atoms with Gasteiger partial charge in [-0.25, -0.2) is 8.42 Å². The number of carbonyl (C=O) groups is 1. The summed E-state index contributed by atoms with van der Waals surface area (Å²) in [5, 5.41) is 2.79. The van der Waals surface area contributed by atoms with E-state index in [1.54, 1.807) is 19.2 Å². The first-order valence-corrected chi connectivity index (χ1v) is 9.57. The molecular formula is C19H24N2O3S. The Labute approximate surface area is 149 Å². The number of amides is 1. The smallest absolute Gasteiger partial charge is 0.243 e. The number of nitrogens with one attached hydrogen (secondary N) is 1. The number of carbonyl (C=O) groups excluding carboxylic acids is 1. The van der Waals surface area contributed by atoms with Gasteiger partial charge in [0, 0.05) is 18.8 Å². The molecule has 0 aromatic heterocycles. The van der Waals surface area contributed by atoms with Gasteiger partial charge >= 0.3 is 0 Å². The average Bonchev–Trinajstić information content (AvgIpc) is 2.56. The zero-order valence-electron chi connectivity index (χ0n) is 15.0. The van der Waals surface area contributed by atoms with Crippen LogP contribution in [0.15, 0.2) is 53.4 Å². The van der Waals surface area contributed by atoms with Gasteiger partial charge in [-0.05, 0) is 50.6 Å². The summed E-state index contributed by atoms with van der Waals surface area (Å²) in [4.78, 5) is 12.3. The summed E-state index contributed by atoms with van der Waals surface area (Å²) in [6, 6.07) is 13.9. The van der Waals surface area contributed by atoms with Gasteiger partial charge in [0.05, 0.1) is 11.3 Å². The van der Waals surface area contributed by atoms with Crippen molar-refractivity contribution in [3.8, 4) is 0 Å². The Morgan fingerprint density at radius 1 is 1.04 bits per heavy atom. The summed E-state index contributed by atoms with van der Waals surface area (Å²) < 4.78 is 26.1. The van der Waals surface area contributed by atoms with Crippen molar-refractivity contribution >= 4 is 21.6 Å². The van der Waals surface area contributed by atoms with Crippen LogP contribution in [-0.2, 0) is 21.2 Å². The largest absolute Gasteiger partial charge is 0.326 e. The predicted octanol–water partition coefficient (Wildman–Crippen LogP) is 3.21. The molecule has 0 saturated carbocycles. The molecule has 0 radical (unpaired) electrons. The van der Waals surface area contributed by atoms with E-state index < -0.39 is 10.0 Å². The van der Waals surface area contributed by atoms with Crippen LogP contribution in [0.25, 0.3) is 0 Å². The van der Waals surface area contributed by atoms with Crippen molar-refractivity contribution in [1.29, 1.82) is 0 Å². The minimum absolute atomic E-state index is 0.126. The molecule has 134 valence electrons.